The third-order valence-electron chi connectivity index (χ3n) is 2.70. The van der Waals surface area contributed by atoms with E-state index in [9.17, 15) is 0 Å². The molecule has 2 aromatic rings. The number of para-hydroxylation sites is 2. The highest BCUT2D eigenvalue weighted by Gasteiger charge is 2.05. The fourth-order valence-electron chi connectivity index (χ4n) is 1.70. The van der Waals surface area contributed by atoms with Crippen LogP contribution in [0.5, 0.6) is 17.4 Å². The Hall–Kier alpha value is -2.14. The van der Waals surface area contributed by atoms with Crippen LogP contribution in [0.2, 0.25) is 0 Å². The van der Waals surface area contributed by atoms with Crippen LogP contribution < -0.4 is 14.8 Å². The van der Waals surface area contributed by atoms with Gasteiger partial charge in [0, 0.05) is 6.54 Å². The highest BCUT2D eigenvalue weighted by Crippen LogP contribution is 2.29. The summed E-state index contributed by atoms with van der Waals surface area (Å²) in [6.07, 6.45) is 4.44. The monoisotopic (exact) mass is 273 g/mol. The van der Waals surface area contributed by atoms with Gasteiger partial charge < -0.3 is 14.8 Å². The van der Waals surface area contributed by atoms with Crippen molar-refractivity contribution in [3.8, 4) is 17.4 Å². The van der Waals surface area contributed by atoms with Gasteiger partial charge in [-0.1, -0.05) is 19.1 Å². The predicted molar refractivity (Wildman–Crippen MR) is 77.1 cm³/mol. The highest BCUT2D eigenvalue weighted by atomic mass is 16.5. The molecule has 5 nitrogen and oxygen atoms in total. The number of benzene rings is 1. The molecule has 106 valence electrons. The fourth-order valence-corrected chi connectivity index (χ4v) is 1.70. The van der Waals surface area contributed by atoms with Gasteiger partial charge in [-0.25, -0.2) is 4.98 Å². The van der Waals surface area contributed by atoms with E-state index in [1.165, 1.54) is 0 Å². The van der Waals surface area contributed by atoms with Crippen molar-refractivity contribution in [2.24, 2.45) is 0 Å². The summed E-state index contributed by atoms with van der Waals surface area (Å²) >= 11 is 0. The lowest BCUT2D eigenvalue weighted by Crippen LogP contribution is -2.14. The zero-order chi connectivity index (χ0) is 14.2. The van der Waals surface area contributed by atoms with Crippen LogP contribution in [0.1, 0.15) is 19.0 Å². The van der Waals surface area contributed by atoms with Crippen LogP contribution in [-0.4, -0.2) is 23.6 Å². The van der Waals surface area contributed by atoms with Gasteiger partial charge in [0.15, 0.2) is 11.5 Å². The molecule has 1 aromatic heterocycles. The van der Waals surface area contributed by atoms with Gasteiger partial charge in [0.25, 0.3) is 0 Å². The van der Waals surface area contributed by atoms with Crippen LogP contribution in [0.15, 0.2) is 36.7 Å². The Balaban J connectivity index is 1.99. The first-order valence-electron chi connectivity index (χ1n) is 6.66. The maximum atomic E-state index is 5.66. The molecule has 0 spiro atoms. The van der Waals surface area contributed by atoms with E-state index in [1.54, 1.807) is 19.5 Å². The number of nitrogens with one attached hydrogen (secondary N) is 1. The summed E-state index contributed by atoms with van der Waals surface area (Å²) in [6.45, 7) is 3.82. The lowest BCUT2D eigenvalue weighted by atomic mass is 10.3. The average molecular weight is 273 g/mol. The van der Waals surface area contributed by atoms with Gasteiger partial charge in [0.1, 0.15) is 0 Å². The van der Waals surface area contributed by atoms with Crippen LogP contribution in [0.4, 0.5) is 0 Å². The molecule has 1 aromatic carbocycles. The summed E-state index contributed by atoms with van der Waals surface area (Å²) in [5, 5.41) is 3.28. The largest absolute Gasteiger partial charge is 0.493 e. The van der Waals surface area contributed by atoms with E-state index in [2.05, 4.69) is 22.2 Å². The standard InChI is InChI=1S/C15H19N3O2/c1-3-8-16-9-12-10-18-15(11-17-12)20-14-7-5-4-6-13(14)19-2/h4-7,10-11,16H,3,8-9H2,1-2H3. The molecule has 0 saturated carbocycles. The average Bonchev–Trinajstić information content (AvgIpc) is 2.50. The van der Waals surface area contributed by atoms with E-state index in [-0.39, 0.29) is 0 Å². The summed E-state index contributed by atoms with van der Waals surface area (Å²) in [7, 11) is 1.61. The second-order valence-electron chi connectivity index (χ2n) is 4.28. The molecule has 0 bridgehead atoms. The third kappa shape index (κ3) is 3.93. The van der Waals surface area contributed by atoms with Gasteiger partial charge in [0.2, 0.25) is 5.88 Å². The van der Waals surface area contributed by atoms with Crippen molar-refractivity contribution in [3.05, 3.63) is 42.4 Å². The number of nitrogens with zero attached hydrogens (tertiary/aromatic N) is 2. The normalized spacial score (nSPS) is 10.3. The lowest BCUT2D eigenvalue weighted by Gasteiger charge is -2.09. The molecule has 5 heteroatoms. The Morgan fingerprint density at radius 3 is 2.55 bits per heavy atom. The predicted octanol–water partition coefficient (Wildman–Crippen LogP) is 2.78. The first-order valence-corrected chi connectivity index (χ1v) is 6.66. The minimum absolute atomic E-state index is 0.453. The molecule has 1 heterocycles. The Kier molecular flexibility index (Phi) is 5.32. The Morgan fingerprint density at radius 1 is 1.10 bits per heavy atom. The minimum atomic E-state index is 0.453. The van der Waals surface area contributed by atoms with E-state index in [1.807, 2.05) is 24.3 Å². The van der Waals surface area contributed by atoms with E-state index in [0.29, 0.717) is 17.4 Å². The van der Waals surface area contributed by atoms with Crippen LogP contribution in [0, 0.1) is 0 Å². The summed E-state index contributed by atoms with van der Waals surface area (Å²) in [4.78, 5) is 8.56. The van der Waals surface area contributed by atoms with Crippen molar-refractivity contribution >= 4 is 0 Å². The maximum absolute atomic E-state index is 5.66. The molecule has 0 aliphatic carbocycles. The summed E-state index contributed by atoms with van der Waals surface area (Å²) < 4.78 is 10.9. The zero-order valence-corrected chi connectivity index (χ0v) is 11.8. The van der Waals surface area contributed by atoms with Gasteiger partial charge in [-0.2, -0.15) is 0 Å². The summed E-state index contributed by atoms with van der Waals surface area (Å²) in [6, 6.07) is 7.44. The number of aromatic nitrogens is 2. The van der Waals surface area contributed by atoms with Crippen molar-refractivity contribution in [3.63, 3.8) is 0 Å². The molecular weight excluding hydrogens is 254 g/mol. The molecule has 0 aliphatic rings. The van der Waals surface area contributed by atoms with Crippen molar-refractivity contribution in [1.82, 2.24) is 15.3 Å². The van der Waals surface area contributed by atoms with E-state index >= 15 is 0 Å². The number of hydrogen-bond donors (Lipinski definition) is 1. The molecule has 0 fully saturated rings. The molecule has 1 N–H and O–H groups in total. The quantitative estimate of drug-likeness (QED) is 0.786. The number of ether oxygens (including phenoxy) is 2. The number of methoxy groups -OCH3 is 1. The lowest BCUT2D eigenvalue weighted by molar-refractivity contribution is 0.373. The minimum Gasteiger partial charge on any atom is -0.493 e. The number of hydrogen-bond acceptors (Lipinski definition) is 5. The molecule has 20 heavy (non-hydrogen) atoms. The summed E-state index contributed by atoms with van der Waals surface area (Å²) in [5.74, 6) is 1.75. The molecule has 0 atom stereocenters. The topological polar surface area (TPSA) is 56.3 Å². The first kappa shape index (κ1) is 14.3. The second kappa shape index (κ2) is 7.45. The smallest absolute Gasteiger partial charge is 0.238 e. The Morgan fingerprint density at radius 2 is 1.90 bits per heavy atom. The van der Waals surface area contributed by atoms with Gasteiger partial charge in [-0.15, -0.1) is 0 Å². The van der Waals surface area contributed by atoms with Crippen LogP contribution in [0.25, 0.3) is 0 Å². The molecule has 0 radical (unpaired) electrons. The molecular formula is C15H19N3O2. The molecule has 0 unspecified atom stereocenters. The fraction of sp³-hybridized carbons (Fsp3) is 0.333. The maximum Gasteiger partial charge on any atom is 0.238 e. The van der Waals surface area contributed by atoms with Crippen molar-refractivity contribution < 1.29 is 9.47 Å². The van der Waals surface area contributed by atoms with Crippen molar-refractivity contribution in [2.45, 2.75) is 19.9 Å². The second-order valence-corrected chi connectivity index (χ2v) is 4.28. The molecule has 0 saturated heterocycles. The van der Waals surface area contributed by atoms with Gasteiger partial charge in [0.05, 0.1) is 25.2 Å². The zero-order valence-electron chi connectivity index (χ0n) is 11.8. The Bertz CT molecular complexity index is 529. The van der Waals surface area contributed by atoms with Gasteiger partial charge >= 0.3 is 0 Å². The van der Waals surface area contributed by atoms with Crippen molar-refractivity contribution in [2.75, 3.05) is 13.7 Å². The summed E-state index contributed by atoms with van der Waals surface area (Å²) in [5.41, 5.74) is 0.894. The van der Waals surface area contributed by atoms with E-state index in [4.69, 9.17) is 9.47 Å². The van der Waals surface area contributed by atoms with Gasteiger partial charge in [-0.05, 0) is 25.1 Å². The Labute approximate surface area is 119 Å². The van der Waals surface area contributed by atoms with Crippen LogP contribution >= 0.6 is 0 Å². The third-order valence-corrected chi connectivity index (χ3v) is 2.70. The molecule has 0 aliphatic heterocycles. The SMILES string of the molecule is CCCNCc1cnc(Oc2ccccc2OC)cn1. The van der Waals surface area contributed by atoms with E-state index < -0.39 is 0 Å². The molecule has 2 rings (SSSR count). The molecule has 0 amide bonds. The van der Waals surface area contributed by atoms with E-state index in [0.717, 1.165) is 25.2 Å². The number of rotatable bonds is 7. The van der Waals surface area contributed by atoms with Crippen LogP contribution in [0.3, 0.4) is 0 Å². The van der Waals surface area contributed by atoms with Gasteiger partial charge in [-0.3, -0.25) is 4.98 Å². The highest BCUT2D eigenvalue weighted by molar-refractivity contribution is 5.41. The van der Waals surface area contributed by atoms with Crippen LogP contribution in [-0.2, 0) is 6.54 Å². The first-order chi connectivity index (χ1) is 9.83. The van der Waals surface area contributed by atoms with Crippen molar-refractivity contribution in [1.29, 1.82) is 0 Å².